The average molecular weight is 291 g/mol. The summed E-state index contributed by atoms with van der Waals surface area (Å²) < 4.78 is 2.10. The molecule has 0 aliphatic rings. The van der Waals surface area contributed by atoms with E-state index in [9.17, 15) is 0 Å². The Labute approximate surface area is 126 Å². The molecule has 0 bridgehead atoms. The fourth-order valence-corrected chi connectivity index (χ4v) is 2.77. The van der Waals surface area contributed by atoms with E-state index in [-0.39, 0.29) is 0 Å². The second-order valence-electron chi connectivity index (χ2n) is 5.26. The van der Waals surface area contributed by atoms with E-state index >= 15 is 0 Å². The molecule has 0 fully saturated rings. The molecule has 2 nitrogen and oxygen atoms in total. The third kappa shape index (κ3) is 3.43. The number of nitrogens with zero attached hydrogens (tertiary/aromatic N) is 2. The van der Waals surface area contributed by atoms with E-state index < -0.39 is 0 Å². The summed E-state index contributed by atoms with van der Waals surface area (Å²) in [4.78, 5) is 0. The number of hydrogen-bond donors (Lipinski definition) is 0. The summed E-state index contributed by atoms with van der Waals surface area (Å²) in [6.45, 7) is 7.31. The van der Waals surface area contributed by atoms with Crippen molar-refractivity contribution >= 4 is 11.6 Å². The number of benzene rings is 1. The summed E-state index contributed by atoms with van der Waals surface area (Å²) >= 11 is 6.20. The van der Waals surface area contributed by atoms with E-state index in [0.717, 1.165) is 19.4 Å². The minimum absolute atomic E-state index is 0.351. The third-order valence-electron chi connectivity index (χ3n) is 3.77. The summed E-state index contributed by atoms with van der Waals surface area (Å²) in [7, 11) is 0. The number of aryl methyl sites for hydroxylation is 3. The van der Waals surface area contributed by atoms with E-state index in [2.05, 4.69) is 60.9 Å². The van der Waals surface area contributed by atoms with Gasteiger partial charge in [-0.3, -0.25) is 4.68 Å². The summed E-state index contributed by atoms with van der Waals surface area (Å²) in [6, 6.07) is 10.9. The topological polar surface area (TPSA) is 17.8 Å². The van der Waals surface area contributed by atoms with Gasteiger partial charge in [-0.2, -0.15) is 5.10 Å². The van der Waals surface area contributed by atoms with Crippen LogP contribution in [0.4, 0.5) is 0 Å². The van der Waals surface area contributed by atoms with Gasteiger partial charge in [-0.05, 0) is 38.3 Å². The van der Waals surface area contributed by atoms with E-state index in [1.807, 2.05) is 0 Å². The number of alkyl halides is 1. The Balaban J connectivity index is 2.21. The van der Waals surface area contributed by atoms with Crippen LogP contribution >= 0.6 is 11.6 Å². The van der Waals surface area contributed by atoms with Crippen LogP contribution in [-0.2, 0) is 19.4 Å². The normalized spacial score (nSPS) is 12.6. The van der Waals surface area contributed by atoms with Crippen LogP contribution in [0.5, 0.6) is 0 Å². The Hall–Kier alpha value is -1.28. The van der Waals surface area contributed by atoms with Crippen LogP contribution < -0.4 is 0 Å². The molecule has 2 rings (SSSR count). The van der Waals surface area contributed by atoms with Crippen LogP contribution in [0.15, 0.2) is 30.3 Å². The Morgan fingerprint density at radius 2 is 1.90 bits per heavy atom. The van der Waals surface area contributed by atoms with Gasteiger partial charge in [-0.1, -0.05) is 36.8 Å². The minimum Gasteiger partial charge on any atom is -0.270 e. The van der Waals surface area contributed by atoms with Gasteiger partial charge in [-0.15, -0.1) is 11.6 Å². The molecular formula is C17H23ClN2. The molecule has 0 radical (unpaired) electrons. The maximum atomic E-state index is 6.20. The summed E-state index contributed by atoms with van der Waals surface area (Å²) in [6.07, 6.45) is 1.93. The fourth-order valence-electron chi connectivity index (χ4n) is 2.48. The maximum Gasteiger partial charge on any atom is 0.0624 e. The van der Waals surface area contributed by atoms with Crippen molar-refractivity contribution in [2.45, 2.75) is 46.1 Å². The van der Waals surface area contributed by atoms with Crippen molar-refractivity contribution < 1.29 is 0 Å². The highest BCUT2D eigenvalue weighted by Crippen LogP contribution is 2.23. The molecule has 1 atom stereocenters. The first-order chi connectivity index (χ1) is 9.67. The average Bonchev–Trinajstić information content (AvgIpc) is 2.88. The summed E-state index contributed by atoms with van der Waals surface area (Å²) in [5.41, 5.74) is 5.05. The van der Waals surface area contributed by atoms with Crippen molar-refractivity contribution in [3.8, 4) is 0 Å². The lowest BCUT2D eigenvalue weighted by molar-refractivity contribution is 0.593. The molecule has 1 unspecified atom stereocenters. The molecule has 0 saturated heterocycles. The van der Waals surface area contributed by atoms with Crippen LogP contribution in [0.1, 0.15) is 42.3 Å². The van der Waals surface area contributed by atoms with Gasteiger partial charge in [-0.25, -0.2) is 0 Å². The van der Waals surface area contributed by atoms with Crippen molar-refractivity contribution in [3.63, 3.8) is 0 Å². The van der Waals surface area contributed by atoms with Gasteiger partial charge < -0.3 is 0 Å². The molecule has 0 aliphatic carbocycles. The first kappa shape index (κ1) is 15.1. The highest BCUT2D eigenvalue weighted by Gasteiger charge is 2.15. The largest absolute Gasteiger partial charge is 0.270 e. The molecule has 20 heavy (non-hydrogen) atoms. The van der Waals surface area contributed by atoms with Gasteiger partial charge in [0.2, 0.25) is 0 Å². The Bertz CT molecular complexity index is 543. The highest BCUT2D eigenvalue weighted by molar-refractivity contribution is 6.18. The molecule has 0 amide bonds. The molecule has 0 aliphatic heterocycles. The lowest BCUT2D eigenvalue weighted by Crippen LogP contribution is -2.10. The minimum atomic E-state index is 0.351. The van der Waals surface area contributed by atoms with E-state index in [1.165, 1.54) is 22.5 Å². The molecule has 1 aromatic carbocycles. The van der Waals surface area contributed by atoms with Gasteiger partial charge >= 0.3 is 0 Å². The quantitative estimate of drug-likeness (QED) is 0.724. The fraction of sp³-hybridized carbons (Fsp3) is 0.471. The van der Waals surface area contributed by atoms with Crippen molar-refractivity contribution in [1.82, 2.24) is 9.78 Å². The second-order valence-corrected chi connectivity index (χ2v) is 5.57. The molecule has 1 aromatic heterocycles. The number of aromatic nitrogens is 2. The number of halogens is 1. The van der Waals surface area contributed by atoms with Gasteiger partial charge in [0.1, 0.15) is 0 Å². The van der Waals surface area contributed by atoms with Crippen LogP contribution in [0, 0.1) is 6.92 Å². The third-order valence-corrected chi connectivity index (χ3v) is 4.14. The zero-order valence-corrected chi connectivity index (χ0v) is 13.3. The predicted octanol–water partition coefficient (Wildman–Crippen LogP) is 4.34. The Morgan fingerprint density at radius 1 is 1.20 bits per heavy atom. The first-order valence-corrected chi connectivity index (χ1v) is 7.89. The molecule has 0 N–H and O–H groups in total. The van der Waals surface area contributed by atoms with Crippen molar-refractivity contribution in [1.29, 1.82) is 0 Å². The first-order valence-electron chi connectivity index (χ1n) is 7.36. The second kappa shape index (κ2) is 6.94. The molecule has 0 saturated carbocycles. The zero-order valence-electron chi connectivity index (χ0n) is 12.6. The van der Waals surface area contributed by atoms with Crippen molar-refractivity contribution in [3.05, 3.63) is 52.8 Å². The Morgan fingerprint density at radius 3 is 2.45 bits per heavy atom. The van der Waals surface area contributed by atoms with Gasteiger partial charge in [0.15, 0.2) is 0 Å². The molecular weight excluding hydrogens is 268 g/mol. The molecule has 2 aromatic rings. The monoisotopic (exact) mass is 290 g/mol. The van der Waals surface area contributed by atoms with Crippen LogP contribution in [0.3, 0.4) is 0 Å². The summed E-state index contributed by atoms with van der Waals surface area (Å²) in [5.74, 6) is 0.989. The summed E-state index contributed by atoms with van der Waals surface area (Å²) in [5, 5.41) is 4.62. The standard InChI is InChI=1S/C17H23ClN2/c1-4-16-11-17(20(5-2)19-16)10-15(12-18)14-8-6-13(3)7-9-14/h6-9,11,15H,4-5,10,12H2,1-3H3. The van der Waals surface area contributed by atoms with Crippen LogP contribution in [0.2, 0.25) is 0 Å². The van der Waals surface area contributed by atoms with E-state index in [0.29, 0.717) is 11.8 Å². The van der Waals surface area contributed by atoms with E-state index in [4.69, 9.17) is 11.6 Å². The number of hydrogen-bond acceptors (Lipinski definition) is 1. The van der Waals surface area contributed by atoms with Crippen LogP contribution in [-0.4, -0.2) is 15.7 Å². The molecule has 3 heteroatoms. The lowest BCUT2D eigenvalue weighted by atomic mass is 9.95. The smallest absolute Gasteiger partial charge is 0.0624 e. The molecule has 108 valence electrons. The number of rotatable bonds is 6. The lowest BCUT2D eigenvalue weighted by Gasteiger charge is -2.15. The highest BCUT2D eigenvalue weighted by atomic mass is 35.5. The van der Waals surface area contributed by atoms with Gasteiger partial charge in [0.05, 0.1) is 5.69 Å². The van der Waals surface area contributed by atoms with Gasteiger partial charge in [0, 0.05) is 24.0 Å². The van der Waals surface area contributed by atoms with E-state index in [1.54, 1.807) is 0 Å². The van der Waals surface area contributed by atoms with Crippen molar-refractivity contribution in [2.75, 3.05) is 5.88 Å². The zero-order chi connectivity index (χ0) is 14.5. The predicted molar refractivity (Wildman–Crippen MR) is 85.6 cm³/mol. The molecule has 0 spiro atoms. The maximum absolute atomic E-state index is 6.20. The molecule has 1 heterocycles. The Kier molecular flexibility index (Phi) is 5.24. The van der Waals surface area contributed by atoms with Crippen LogP contribution in [0.25, 0.3) is 0 Å². The van der Waals surface area contributed by atoms with Crippen molar-refractivity contribution in [2.24, 2.45) is 0 Å². The van der Waals surface area contributed by atoms with Gasteiger partial charge in [0.25, 0.3) is 0 Å². The SMILES string of the molecule is CCc1cc(CC(CCl)c2ccc(C)cc2)n(CC)n1.